The van der Waals surface area contributed by atoms with E-state index < -0.39 is 0 Å². The Morgan fingerprint density at radius 3 is 2.58 bits per heavy atom. The second kappa shape index (κ2) is 5.12. The lowest BCUT2D eigenvalue weighted by molar-refractivity contribution is 0.0527. The molecule has 104 valence electrons. The van der Waals surface area contributed by atoms with Crippen LogP contribution >= 0.6 is 11.5 Å². The first-order chi connectivity index (χ1) is 9.20. The van der Waals surface area contributed by atoms with E-state index in [1.54, 1.807) is 0 Å². The Kier molecular flexibility index (Phi) is 3.48. The number of aromatic nitrogens is 1. The minimum atomic E-state index is -0.249. The highest BCUT2D eigenvalue weighted by Gasteiger charge is 2.42. The van der Waals surface area contributed by atoms with E-state index in [0.29, 0.717) is 18.2 Å². The van der Waals surface area contributed by atoms with Crippen LogP contribution in [0.5, 0.6) is 0 Å². The third kappa shape index (κ3) is 2.76. The molecule has 0 radical (unpaired) electrons. The molecule has 1 N–H and O–H groups in total. The smallest absolute Gasteiger partial charge is 0.343 e. The SMILES string of the molecule is CCOC(=O)c1c(C)nsc1NC(C1CC1)C1CC1. The third-order valence-corrected chi connectivity index (χ3v) is 4.77. The van der Waals surface area contributed by atoms with E-state index in [0.717, 1.165) is 22.5 Å². The zero-order valence-electron chi connectivity index (χ0n) is 11.4. The zero-order chi connectivity index (χ0) is 13.4. The van der Waals surface area contributed by atoms with Gasteiger partial charge in [-0.1, -0.05) is 0 Å². The van der Waals surface area contributed by atoms with Crippen molar-refractivity contribution in [1.82, 2.24) is 4.37 Å². The van der Waals surface area contributed by atoms with E-state index in [1.165, 1.54) is 37.2 Å². The number of rotatable bonds is 6. The fourth-order valence-corrected chi connectivity index (χ4v) is 3.43. The summed E-state index contributed by atoms with van der Waals surface area (Å²) in [6.07, 6.45) is 5.28. The van der Waals surface area contributed by atoms with Gasteiger partial charge in [0.1, 0.15) is 10.6 Å². The van der Waals surface area contributed by atoms with Crippen molar-refractivity contribution < 1.29 is 9.53 Å². The number of anilines is 1. The van der Waals surface area contributed by atoms with Crippen molar-refractivity contribution in [3.05, 3.63) is 11.3 Å². The Hall–Kier alpha value is -1.10. The highest BCUT2D eigenvalue weighted by atomic mass is 32.1. The highest BCUT2D eigenvalue weighted by molar-refractivity contribution is 7.10. The molecule has 2 saturated carbocycles. The first-order valence-electron chi connectivity index (χ1n) is 7.10. The maximum absolute atomic E-state index is 12.0. The number of hydrogen-bond donors (Lipinski definition) is 1. The molecule has 1 aromatic heterocycles. The summed E-state index contributed by atoms with van der Waals surface area (Å²) in [5, 5.41) is 4.49. The summed E-state index contributed by atoms with van der Waals surface area (Å²) in [5.41, 5.74) is 1.41. The maximum atomic E-state index is 12.0. The van der Waals surface area contributed by atoms with Crippen LogP contribution in [0.25, 0.3) is 0 Å². The van der Waals surface area contributed by atoms with Gasteiger partial charge in [-0.3, -0.25) is 0 Å². The standard InChI is InChI=1S/C14H20N2O2S/c1-3-18-14(17)11-8(2)16-19-13(11)15-12(9-4-5-9)10-6-7-10/h9-10,12,15H,3-7H2,1-2H3. The van der Waals surface area contributed by atoms with Gasteiger partial charge in [-0.15, -0.1) is 0 Å². The molecule has 1 heterocycles. The summed E-state index contributed by atoms with van der Waals surface area (Å²) in [6.45, 7) is 4.11. The number of nitrogens with one attached hydrogen (secondary N) is 1. The zero-order valence-corrected chi connectivity index (χ0v) is 12.3. The van der Waals surface area contributed by atoms with Gasteiger partial charge in [0, 0.05) is 6.04 Å². The van der Waals surface area contributed by atoms with Gasteiger partial charge in [0.2, 0.25) is 0 Å². The molecule has 2 aliphatic rings. The Morgan fingerprint density at radius 2 is 2.05 bits per heavy atom. The largest absolute Gasteiger partial charge is 0.462 e. The third-order valence-electron chi connectivity index (χ3n) is 3.90. The average molecular weight is 280 g/mol. The normalized spacial score (nSPS) is 18.7. The highest BCUT2D eigenvalue weighted by Crippen LogP contribution is 2.46. The minimum absolute atomic E-state index is 0.249. The van der Waals surface area contributed by atoms with Crippen LogP contribution in [0.1, 0.15) is 48.7 Å². The first-order valence-corrected chi connectivity index (χ1v) is 7.88. The summed E-state index contributed by atoms with van der Waals surface area (Å²) in [7, 11) is 0. The molecular weight excluding hydrogens is 260 g/mol. The van der Waals surface area contributed by atoms with Gasteiger partial charge >= 0.3 is 5.97 Å². The topological polar surface area (TPSA) is 51.2 Å². The monoisotopic (exact) mass is 280 g/mol. The molecule has 0 saturated heterocycles. The van der Waals surface area contributed by atoms with Crippen LogP contribution in [-0.4, -0.2) is 23.0 Å². The van der Waals surface area contributed by atoms with Gasteiger partial charge in [0.05, 0.1) is 12.3 Å². The number of esters is 1. The average Bonchev–Trinajstić information content (AvgIpc) is 3.26. The number of carbonyl (C=O) groups is 1. The minimum Gasteiger partial charge on any atom is -0.462 e. The summed E-state index contributed by atoms with van der Waals surface area (Å²) in [4.78, 5) is 12.0. The van der Waals surface area contributed by atoms with E-state index in [-0.39, 0.29) is 5.97 Å². The van der Waals surface area contributed by atoms with Crippen molar-refractivity contribution >= 4 is 22.5 Å². The van der Waals surface area contributed by atoms with Crippen molar-refractivity contribution in [1.29, 1.82) is 0 Å². The lowest BCUT2D eigenvalue weighted by atomic mass is 10.1. The lowest BCUT2D eigenvalue weighted by Gasteiger charge is -2.18. The first kappa shape index (κ1) is 12.9. The second-order valence-electron chi connectivity index (χ2n) is 5.54. The van der Waals surface area contributed by atoms with Crippen molar-refractivity contribution in [3.63, 3.8) is 0 Å². The second-order valence-corrected chi connectivity index (χ2v) is 6.31. The molecule has 1 aromatic rings. The van der Waals surface area contributed by atoms with E-state index in [9.17, 15) is 4.79 Å². The van der Waals surface area contributed by atoms with E-state index in [2.05, 4.69) is 9.69 Å². The molecule has 19 heavy (non-hydrogen) atoms. The van der Waals surface area contributed by atoms with Gasteiger partial charge in [-0.25, -0.2) is 4.79 Å². The Labute approximate surface area is 117 Å². The number of nitrogens with zero attached hydrogens (tertiary/aromatic N) is 1. The molecule has 0 atom stereocenters. The molecule has 0 aliphatic heterocycles. The fourth-order valence-electron chi connectivity index (χ4n) is 2.59. The van der Waals surface area contributed by atoms with E-state index in [4.69, 9.17) is 4.74 Å². The summed E-state index contributed by atoms with van der Waals surface area (Å²) >= 11 is 1.39. The molecule has 2 aliphatic carbocycles. The molecule has 0 unspecified atom stereocenters. The maximum Gasteiger partial charge on any atom is 0.343 e. The van der Waals surface area contributed by atoms with Gasteiger partial charge in [0.25, 0.3) is 0 Å². The van der Waals surface area contributed by atoms with Crippen LogP contribution in [-0.2, 0) is 4.74 Å². The van der Waals surface area contributed by atoms with E-state index in [1.807, 2.05) is 13.8 Å². The quantitative estimate of drug-likeness (QED) is 0.813. The Bertz CT molecular complexity index is 466. The molecule has 0 amide bonds. The predicted octanol–water partition coefficient (Wildman–Crippen LogP) is 3.23. The Balaban J connectivity index is 1.77. The van der Waals surface area contributed by atoms with E-state index >= 15 is 0 Å². The number of aryl methyl sites for hydroxylation is 1. The lowest BCUT2D eigenvalue weighted by Crippen LogP contribution is -2.25. The number of carbonyl (C=O) groups excluding carboxylic acids is 1. The summed E-state index contributed by atoms with van der Waals surface area (Å²) < 4.78 is 9.44. The van der Waals surface area contributed by atoms with Crippen molar-refractivity contribution in [2.75, 3.05) is 11.9 Å². The van der Waals surface area contributed by atoms with Crippen LogP contribution in [0.4, 0.5) is 5.00 Å². The molecule has 0 bridgehead atoms. The van der Waals surface area contributed by atoms with Crippen LogP contribution in [0.15, 0.2) is 0 Å². The van der Waals surface area contributed by atoms with Crippen molar-refractivity contribution in [2.24, 2.45) is 11.8 Å². The van der Waals surface area contributed by atoms with Crippen LogP contribution in [0, 0.1) is 18.8 Å². The molecule has 3 rings (SSSR count). The van der Waals surface area contributed by atoms with Gasteiger partial charge in [-0.2, -0.15) is 4.37 Å². The van der Waals surface area contributed by atoms with Crippen molar-refractivity contribution in [3.8, 4) is 0 Å². The van der Waals surface area contributed by atoms with Crippen LogP contribution in [0.2, 0.25) is 0 Å². The predicted molar refractivity (Wildman–Crippen MR) is 75.7 cm³/mol. The van der Waals surface area contributed by atoms with Crippen LogP contribution in [0.3, 0.4) is 0 Å². The van der Waals surface area contributed by atoms with Gasteiger partial charge in [0.15, 0.2) is 0 Å². The molecule has 0 spiro atoms. The molecule has 4 nitrogen and oxygen atoms in total. The fraction of sp³-hybridized carbons (Fsp3) is 0.714. The summed E-state index contributed by atoms with van der Waals surface area (Å²) in [6, 6.07) is 0.535. The van der Waals surface area contributed by atoms with Gasteiger partial charge in [-0.05, 0) is 62.9 Å². The van der Waals surface area contributed by atoms with Gasteiger partial charge < -0.3 is 10.1 Å². The number of hydrogen-bond acceptors (Lipinski definition) is 5. The van der Waals surface area contributed by atoms with Crippen LogP contribution < -0.4 is 5.32 Å². The molecule has 5 heteroatoms. The molecule has 2 fully saturated rings. The van der Waals surface area contributed by atoms with Crippen molar-refractivity contribution in [2.45, 2.75) is 45.6 Å². The molecular formula is C14H20N2O2S. The summed E-state index contributed by atoms with van der Waals surface area (Å²) in [5.74, 6) is 1.34. The Morgan fingerprint density at radius 1 is 1.42 bits per heavy atom. The number of ether oxygens (including phenoxy) is 1. The molecule has 0 aromatic carbocycles.